The summed E-state index contributed by atoms with van der Waals surface area (Å²) in [6, 6.07) is 12.5. The molecule has 0 saturated heterocycles. The van der Waals surface area contributed by atoms with E-state index in [1.165, 1.54) is 24.4 Å². The van der Waals surface area contributed by atoms with Crippen LogP contribution in [-0.2, 0) is 6.18 Å². The van der Waals surface area contributed by atoms with Crippen LogP contribution in [0, 0.1) is 12.3 Å². The van der Waals surface area contributed by atoms with E-state index in [4.69, 9.17) is 10.1 Å². The molecule has 1 aliphatic rings. The van der Waals surface area contributed by atoms with E-state index in [1.807, 2.05) is 0 Å². The van der Waals surface area contributed by atoms with Gasteiger partial charge in [0.2, 0.25) is 5.90 Å². The van der Waals surface area contributed by atoms with Crippen molar-refractivity contribution in [2.75, 3.05) is 12.4 Å². The van der Waals surface area contributed by atoms with Gasteiger partial charge in [0.25, 0.3) is 5.91 Å². The van der Waals surface area contributed by atoms with Gasteiger partial charge < -0.3 is 15.4 Å². The lowest BCUT2D eigenvalue weighted by Gasteiger charge is -2.18. The van der Waals surface area contributed by atoms with E-state index in [-0.39, 0.29) is 28.9 Å². The molecule has 0 atom stereocenters. The van der Waals surface area contributed by atoms with Gasteiger partial charge in [0.05, 0.1) is 11.1 Å². The third-order valence-corrected chi connectivity index (χ3v) is 5.24. The number of carbonyl (C=O) groups excluding carboxylic acids is 1. The number of aliphatic imine (C=N–C) groups is 2. The number of alkyl halides is 3. The molecular weight excluding hydrogens is 485 g/mol. The number of nitrogens with one attached hydrogen (secondary N) is 3. The van der Waals surface area contributed by atoms with Crippen molar-refractivity contribution >= 4 is 29.2 Å². The first-order valence-corrected chi connectivity index (χ1v) is 11.0. The SMILES string of the molecule is CN/C=C1\C(=N)N=C(c2cccnc2)N=C1Oc1ccc(C)c(NC(=O)c2cccc(C(F)(F)F)c2)c1. The molecule has 1 aliphatic heterocycles. The Morgan fingerprint density at radius 2 is 1.89 bits per heavy atom. The number of amides is 1. The maximum atomic E-state index is 13.1. The summed E-state index contributed by atoms with van der Waals surface area (Å²) in [5.74, 6) is -0.169. The van der Waals surface area contributed by atoms with Crippen molar-refractivity contribution in [3.8, 4) is 5.75 Å². The van der Waals surface area contributed by atoms with Crippen molar-refractivity contribution in [1.82, 2.24) is 10.3 Å². The Morgan fingerprint density at radius 3 is 2.59 bits per heavy atom. The minimum Gasteiger partial charge on any atom is -0.438 e. The first-order chi connectivity index (χ1) is 17.7. The second-order valence-corrected chi connectivity index (χ2v) is 7.90. The quantitative estimate of drug-likeness (QED) is 0.453. The largest absolute Gasteiger partial charge is 0.438 e. The molecule has 2 heterocycles. The molecule has 1 aromatic heterocycles. The molecular formula is C26H21F3N6O2. The predicted octanol–water partition coefficient (Wildman–Crippen LogP) is 4.98. The van der Waals surface area contributed by atoms with Gasteiger partial charge in [-0.25, -0.2) is 4.99 Å². The highest BCUT2D eigenvalue weighted by Crippen LogP contribution is 2.30. The Kier molecular flexibility index (Phi) is 7.14. The minimum absolute atomic E-state index is 0.0802. The zero-order valence-corrected chi connectivity index (χ0v) is 19.7. The summed E-state index contributed by atoms with van der Waals surface area (Å²) in [6.07, 6.45) is 0.126. The van der Waals surface area contributed by atoms with E-state index in [9.17, 15) is 18.0 Å². The van der Waals surface area contributed by atoms with Crippen LogP contribution in [0.15, 0.2) is 88.7 Å². The Bertz CT molecular complexity index is 1450. The number of rotatable bonds is 5. The van der Waals surface area contributed by atoms with Gasteiger partial charge in [-0.2, -0.15) is 18.2 Å². The molecule has 0 aliphatic carbocycles. The van der Waals surface area contributed by atoms with Crippen LogP contribution in [0.5, 0.6) is 5.75 Å². The molecule has 0 radical (unpaired) electrons. The second-order valence-electron chi connectivity index (χ2n) is 7.90. The topological polar surface area (TPSA) is 112 Å². The summed E-state index contributed by atoms with van der Waals surface area (Å²) in [5, 5.41) is 13.8. The number of pyridine rings is 1. The number of hydrogen-bond acceptors (Lipinski definition) is 6. The van der Waals surface area contributed by atoms with Crippen molar-refractivity contribution in [3.63, 3.8) is 0 Å². The van der Waals surface area contributed by atoms with E-state index in [1.54, 1.807) is 50.6 Å². The summed E-state index contributed by atoms with van der Waals surface area (Å²) in [7, 11) is 1.66. The average molecular weight is 506 g/mol. The first-order valence-electron chi connectivity index (χ1n) is 11.0. The van der Waals surface area contributed by atoms with E-state index in [0.717, 1.165) is 12.1 Å². The van der Waals surface area contributed by atoms with E-state index < -0.39 is 17.6 Å². The van der Waals surface area contributed by atoms with E-state index in [0.29, 0.717) is 22.4 Å². The number of aromatic nitrogens is 1. The zero-order valence-electron chi connectivity index (χ0n) is 19.7. The third-order valence-electron chi connectivity index (χ3n) is 5.24. The van der Waals surface area contributed by atoms with Crippen LogP contribution in [0.25, 0.3) is 0 Å². The molecule has 0 bridgehead atoms. The van der Waals surface area contributed by atoms with Crippen molar-refractivity contribution in [3.05, 3.63) is 101 Å². The molecule has 0 saturated carbocycles. The fourth-order valence-corrected chi connectivity index (χ4v) is 3.37. The third kappa shape index (κ3) is 5.89. The number of ether oxygens (including phenoxy) is 1. The van der Waals surface area contributed by atoms with Crippen LogP contribution in [0.1, 0.15) is 27.0 Å². The molecule has 188 valence electrons. The van der Waals surface area contributed by atoms with Gasteiger partial charge in [-0.3, -0.25) is 15.2 Å². The number of nitrogens with zero attached hydrogens (tertiary/aromatic N) is 3. The van der Waals surface area contributed by atoms with Crippen LogP contribution >= 0.6 is 0 Å². The van der Waals surface area contributed by atoms with Crippen LogP contribution in [-0.4, -0.2) is 35.5 Å². The number of anilines is 1. The maximum absolute atomic E-state index is 13.1. The van der Waals surface area contributed by atoms with E-state index in [2.05, 4.69) is 25.6 Å². The minimum atomic E-state index is -4.56. The summed E-state index contributed by atoms with van der Waals surface area (Å²) < 4.78 is 45.1. The Balaban J connectivity index is 1.62. The molecule has 4 rings (SSSR count). The molecule has 37 heavy (non-hydrogen) atoms. The van der Waals surface area contributed by atoms with Gasteiger partial charge in [0.1, 0.15) is 5.75 Å². The fraction of sp³-hybridized carbons (Fsp3) is 0.115. The van der Waals surface area contributed by atoms with Gasteiger partial charge in [-0.05, 0) is 48.9 Å². The lowest BCUT2D eigenvalue weighted by molar-refractivity contribution is -0.137. The standard InChI is InChI=1S/C26H21F3N6O2/c1-15-8-9-19(12-21(15)33-24(36)16-5-3-7-18(11-16)26(27,28)29)37-25-20(14-31-2)22(30)34-23(35-25)17-6-4-10-32-13-17/h3-14,30-31H,1-2H3,(H,33,36)/b20-14+,30-22?. The number of carbonyl (C=O) groups is 1. The van der Waals surface area contributed by atoms with Crippen molar-refractivity contribution in [1.29, 1.82) is 5.41 Å². The summed E-state index contributed by atoms with van der Waals surface area (Å²) in [5.41, 5.74) is 0.838. The number of halogens is 3. The van der Waals surface area contributed by atoms with Crippen molar-refractivity contribution < 1.29 is 22.7 Å². The smallest absolute Gasteiger partial charge is 0.416 e. The molecule has 0 spiro atoms. The molecule has 3 N–H and O–H groups in total. The Labute approximate surface area is 210 Å². The average Bonchev–Trinajstić information content (AvgIpc) is 2.88. The van der Waals surface area contributed by atoms with Crippen molar-refractivity contribution in [2.45, 2.75) is 13.1 Å². The Morgan fingerprint density at radius 1 is 1.08 bits per heavy atom. The number of amidine groups is 2. The zero-order chi connectivity index (χ0) is 26.6. The Hall–Kier alpha value is -4.80. The van der Waals surface area contributed by atoms with Gasteiger partial charge in [0.15, 0.2) is 11.7 Å². The molecule has 0 unspecified atom stereocenters. The van der Waals surface area contributed by atoms with Crippen LogP contribution in [0.3, 0.4) is 0 Å². The second kappa shape index (κ2) is 10.4. The highest BCUT2D eigenvalue weighted by Gasteiger charge is 2.31. The predicted molar refractivity (Wildman–Crippen MR) is 134 cm³/mol. The monoisotopic (exact) mass is 506 g/mol. The lowest BCUT2D eigenvalue weighted by atomic mass is 10.1. The van der Waals surface area contributed by atoms with E-state index >= 15 is 0 Å². The van der Waals surface area contributed by atoms with Gasteiger partial charge in [-0.1, -0.05) is 12.1 Å². The normalized spacial score (nSPS) is 14.6. The summed E-state index contributed by atoms with van der Waals surface area (Å²) in [4.78, 5) is 25.4. The molecule has 8 nitrogen and oxygen atoms in total. The summed E-state index contributed by atoms with van der Waals surface area (Å²) in [6.45, 7) is 1.73. The number of benzene rings is 2. The molecule has 2 aromatic carbocycles. The molecule has 3 aromatic rings. The fourth-order valence-electron chi connectivity index (χ4n) is 3.37. The van der Waals surface area contributed by atoms with Gasteiger partial charge >= 0.3 is 6.18 Å². The molecule has 1 amide bonds. The summed E-state index contributed by atoms with van der Waals surface area (Å²) >= 11 is 0. The lowest BCUT2D eigenvalue weighted by Crippen LogP contribution is -2.26. The van der Waals surface area contributed by atoms with Crippen LogP contribution in [0.4, 0.5) is 18.9 Å². The molecule has 11 heteroatoms. The number of hydrogen-bond donors (Lipinski definition) is 3. The van der Waals surface area contributed by atoms with Crippen LogP contribution in [0.2, 0.25) is 0 Å². The highest BCUT2D eigenvalue weighted by atomic mass is 19.4. The van der Waals surface area contributed by atoms with Crippen molar-refractivity contribution in [2.24, 2.45) is 9.98 Å². The van der Waals surface area contributed by atoms with Gasteiger partial charge in [0, 0.05) is 48.5 Å². The number of aryl methyl sites for hydroxylation is 1. The first kappa shape index (κ1) is 25.3. The van der Waals surface area contributed by atoms with Gasteiger partial charge in [-0.15, -0.1) is 0 Å². The highest BCUT2D eigenvalue weighted by molar-refractivity contribution is 6.30. The molecule has 0 fully saturated rings. The van der Waals surface area contributed by atoms with Crippen LogP contribution < -0.4 is 15.4 Å². The maximum Gasteiger partial charge on any atom is 0.416 e.